The third-order valence-electron chi connectivity index (χ3n) is 5.62. The van der Waals surface area contributed by atoms with E-state index in [4.69, 9.17) is 0 Å². The Morgan fingerprint density at radius 2 is 1.69 bits per heavy atom. The van der Waals surface area contributed by atoms with E-state index in [1.807, 2.05) is 42.2 Å². The van der Waals surface area contributed by atoms with Gasteiger partial charge in [-0.05, 0) is 18.6 Å². The van der Waals surface area contributed by atoms with Crippen LogP contribution in [0.25, 0.3) is 0 Å². The Hall–Kier alpha value is -3.18. The molecule has 0 saturated carbocycles. The van der Waals surface area contributed by atoms with Crippen molar-refractivity contribution < 1.29 is 14.5 Å². The van der Waals surface area contributed by atoms with E-state index in [1.54, 1.807) is 12.3 Å². The quantitative estimate of drug-likeness (QED) is 0.658. The molecule has 1 aliphatic heterocycles. The Morgan fingerprint density at radius 3 is 2.41 bits per heavy atom. The summed E-state index contributed by atoms with van der Waals surface area (Å²) in [6.45, 7) is 6.21. The maximum atomic E-state index is 12.9. The third kappa shape index (κ3) is 4.30. The SMILES string of the molecule is Cc1ccccc1C(=O)c1c[nH]c(C(=O)N2CC[NH+](Cc3ccccc3)CC2)c1. The number of H-pyrrole nitrogens is 1. The highest BCUT2D eigenvalue weighted by molar-refractivity contribution is 6.11. The molecule has 5 nitrogen and oxygen atoms in total. The number of ketones is 1. The first-order valence-corrected chi connectivity index (χ1v) is 10.1. The van der Waals surface area contributed by atoms with E-state index in [-0.39, 0.29) is 11.7 Å². The number of benzene rings is 2. The van der Waals surface area contributed by atoms with Crippen molar-refractivity contribution in [1.29, 1.82) is 0 Å². The second-order valence-electron chi connectivity index (χ2n) is 7.65. The Bertz CT molecular complexity index is 1000. The van der Waals surface area contributed by atoms with Crippen molar-refractivity contribution in [3.63, 3.8) is 0 Å². The van der Waals surface area contributed by atoms with Crippen molar-refractivity contribution in [2.45, 2.75) is 13.5 Å². The summed E-state index contributed by atoms with van der Waals surface area (Å²) in [5.74, 6) is -0.0943. The number of aromatic nitrogens is 1. The van der Waals surface area contributed by atoms with Crippen molar-refractivity contribution in [3.8, 4) is 0 Å². The number of piperazine rings is 1. The van der Waals surface area contributed by atoms with Crippen molar-refractivity contribution in [2.75, 3.05) is 26.2 Å². The van der Waals surface area contributed by atoms with Crippen molar-refractivity contribution in [3.05, 3.63) is 94.8 Å². The van der Waals surface area contributed by atoms with Crippen LogP contribution >= 0.6 is 0 Å². The standard InChI is InChI=1S/C24H25N3O2/c1-18-7-5-6-10-21(18)23(28)20-15-22(25-16-20)24(29)27-13-11-26(12-14-27)17-19-8-3-2-4-9-19/h2-10,15-16,25H,11-14,17H2,1H3/p+1. The molecular weight excluding hydrogens is 362 g/mol. The van der Waals surface area contributed by atoms with E-state index in [1.165, 1.54) is 10.5 Å². The van der Waals surface area contributed by atoms with Gasteiger partial charge in [0.15, 0.2) is 5.78 Å². The second-order valence-corrected chi connectivity index (χ2v) is 7.65. The highest BCUT2D eigenvalue weighted by Crippen LogP contribution is 2.16. The summed E-state index contributed by atoms with van der Waals surface area (Å²) in [7, 11) is 0. The Kier molecular flexibility index (Phi) is 5.58. The fourth-order valence-corrected chi connectivity index (χ4v) is 3.89. The summed E-state index contributed by atoms with van der Waals surface area (Å²) >= 11 is 0. The smallest absolute Gasteiger partial charge is 0.270 e. The molecule has 1 fully saturated rings. The molecular formula is C24H26N3O2+. The summed E-state index contributed by atoms with van der Waals surface area (Å²) in [6.07, 6.45) is 1.64. The summed E-state index contributed by atoms with van der Waals surface area (Å²) in [5.41, 5.74) is 3.93. The van der Waals surface area contributed by atoms with Gasteiger partial charge in [-0.25, -0.2) is 0 Å². The summed E-state index contributed by atoms with van der Waals surface area (Å²) in [6, 6.07) is 19.7. The monoisotopic (exact) mass is 388 g/mol. The van der Waals surface area contributed by atoms with Crippen LogP contribution in [0.2, 0.25) is 0 Å². The van der Waals surface area contributed by atoms with Gasteiger partial charge >= 0.3 is 0 Å². The van der Waals surface area contributed by atoms with Crippen LogP contribution < -0.4 is 4.90 Å². The molecule has 2 N–H and O–H groups in total. The van der Waals surface area contributed by atoms with E-state index in [9.17, 15) is 9.59 Å². The van der Waals surface area contributed by atoms with Crippen molar-refractivity contribution >= 4 is 11.7 Å². The third-order valence-corrected chi connectivity index (χ3v) is 5.62. The first-order valence-electron chi connectivity index (χ1n) is 10.1. The maximum Gasteiger partial charge on any atom is 0.270 e. The molecule has 1 saturated heterocycles. The first kappa shape index (κ1) is 19.2. The average Bonchev–Trinajstić information content (AvgIpc) is 3.25. The Balaban J connectivity index is 1.37. The van der Waals surface area contributed by atoms with Crippen LogP contribution in [0.1, 0.15) is 37.5 Å². The molecule has 0 spiro atoms. The molecule has 0 bridgehead atoms. The Morgan fingerprint density at radius 1 is 1.00 bits per heavy atom. The topological polar surface area (TPSA) is 57.6 Å². The molecule has 1 aliphatic rings. The highest BCUT2D eigenvalue weighted by Gasteiger charge is 2.26. The van der Waals surface area contributed by atoms with E-state index in [0.29, 0.717) is 16.8 Å². The zero-order chi connectivity index (χ0) is 20.2. The maximum absolute atomic E-state index is 12.9. The fraction of sp³-hybridized carbons (Fsp3) is 0.250. The van der Waals surface area contributed by atoms with Crippen molar-refractivity contribution in [1.82, 2.24) is 9.88 Å². The van der Waals surface area contributed by atoms with Gasteiger partial charge in [-0.1, -0.05) is 54.6 Å². The molecule has 0 unspecified atom stereocenters. The van der Waals surface area contributed by atoms with Gasteiger partial charge in [0.05, 0.1) is 26.2 Å². The van der Waals surface area contributed by atoms with Crippen LogP contribution in [0.15, 0.2) is 66.9 Å². The van der Waals surface area contributed by atoms with Crippen LogP contribution in [-0.4, -0.2) is 47.8 Å². The minimum Gasteiger partial charge on any atom is -0.356 e. The number of amides is 1. The van der Waals surface area contributed by atoms with Crippen LogP contribution in [-0.2, 0) is 6.54 Å². The van der Waals surface area contributed by atoms with E-state index in [2.05, 4.69) is 29.2 Å². The van der Waals surface area contributed by atoms with Crippen LogP contribution in [0, 0.1) is 6.92 Å². The minimum absolute atomic E-state index is 0.0346. The van der Waals surface area contributed by atoms with Crippen molar-refractivity contribution in [2.24, 2.45) is 0 Å². The summed E-state index contributed by atoms with van der Waals surface area (Å²) in [4.78, 5) is 32.0. The normalized spacial score (nSPS) is 14.7. The largest absolute Gasteiger partial charge is 0.356 e. The van der Waals surface area contributed by atoms with Gasteiger partial charge in [-0.15, -0.1) is 0 Å². The van der Waals surface area contributed by atoms with Gasteiger partial charge in [0.1, 0.15) is 12.2 Å². The molecule has 148 valence electrons. The molecule has 29 heavy (non-hydrogen) atoms. The molecule has 4 rings (SSSR count). The van der Waals surface area contributed by atoms with E-state index in [0.717, 1.165) is 38.3 Å². The van der Waals surface area contributed by atoms with E-state index < -0.39 is 0 Å². The van der Waals surface area contributed by atoms with Gasteiger partial charge in [0.2, 0.25) is 0 Å². The molecule has 3 aromatic rings. The summed E-state index contributed by atoms with van der Waals surface area (Å²) in [5, 5.41) is 0. The fourth-order valence-electron chi connectivity index (χ4n) is 3.89. The number of carbonyl (C=O) groups is 2. The van der Waals surface area contributed by atoms with Crippen LogP contribution in [0.5, 0.6) is 0 Å². The molecule has 1 aromatic heterocycles. The molecule has 1 amide bonds. The zero-order valence-electron chi connectivity index (χ0n) is 16.7. The lowest BCUT2D eigenvalue weighted by Crippen LogP contribution is -3.13. The number of hydrogen-bond acceptors (Lipinski definition) is 2. The lowest BCUT2D eigenvalue weighted by atomic mass is 10.0. The number of aromatic amines is 1. The van der Waals surface area contributed by atoms with Gasteiger partial charge in [0, 0.05) is 22.9 Å². The predicted molar refractivity (Wildman–Crippen MR) is 112 cm³/mol. The number of hydrogen-bond donors (Lipinski definition) is 2. The number of quaternary nitrogens is 1. The molecule has 0 aliphatic carbocycles. The number of nitrogens with zero attached hydrogens (tertiary/aromatic N) is 1. The van der Waals surface area contributed by atoms with Crippen LogP contribution in [0.3, 0.4) is 0 Å². The van der Waals surface area contributed by atoms with E-state index >= 15 is 0 Å². The van der Waals surface area contributed by atoms with Gasteiger partial charge < -0.3 is 14.8 Å². The number of rotatable bonds is 5. The van der Waals surface area contributed by atoms with Crippen LogP contribution in [0.4, 0.5) is 0 Å². The first-order chi connectivity index (χ1) is 14.1. The molecule has 0 atom stereocenters. The number of nitrogens with one attached hydrogen (secondary N) is 2. The number of aryl methyl sites for hydroxylation is 1. The lowest BCUT2D eigenvalue weighted by molar-refractivity contribution is -0.917. The molecule has 2 aromatic carbocycles. The molecule has 2 heterocycles. The summed E-state index contributed by atoms with van der Waals surface area (Å²) < 4.78 is 0. The second kappa shape index (κ2) is 8.45. The van der Waals surface area contributed by atoms with Gasteiger partial charge in [-0.3, -0.25) is 9.59 Å². The minimum atomic E-state index is -0.0597. The molecule has 5 heteroatoms. The zero-order valence-corrected chi connectivity index (χ0v) is 16.7. The van der Waals surface area contributed by atoms with Gasteiger partial charge in [-0.2, -0.15) is 0 Å². The molecule has 0 radical (unpaired) electrons. The Labute approximate surface area is 171 Å². The van der Waals surface area contributed by atoms with Gasteiger partial charge in [0.25, 0.3) is 5.91 Å². The average molecular weight is 388 g/mol. The lowest BCUT2D eigenvalue weighted by Gasteiger charge is -2.32. The predicted octanol–water partition coefficient (Wildman–Crippen LogP) is 2.10. The highest BCUT2D eigenvalue weighted by atomic mass is 16.2. The number of carbonyl (C=O) groups excluding carboxylic acids is 2.